The first-order valence-electron chi connectivity index (χ1n) is 7.09. The minimum atomic E-state index is -3.60. The molecule has 2 aromatic rings. The first-order valence-corrected chi connectivity index (χ1v) is 8.53. The summed E-state index contributed by atoms with van der Waals surface area (Å²) in [5, 5.41) is 8.94. The van der Waals surface area contributed by atoms with Gasteiger partial charge in [0.15, 0.2) is 0 Å². The van der Waals surface area contributed by atoms with E-state index in [-0.39, 0.29) is 4.90 Å². The van der Waals surface area contributed by atoms with E-state index in [1.54, 1.807) is 18.5 Å². The molecule has 2 heterocycles. The molecule has 0 bridgehead atoms. The molecule has 7 heteroatoms. The van der Waals surface area contributed by atoms with Crippen molar-refractivity contribution in [3.05, 3.63) is 47.5 Å². The molecule has 114 valence electrons. The van der Waals surface area contributed by atoms with Crippen LogP contribution in [0.2, 0.25) is 0 Å². The van der Waals surface area contributed by atoms with Gasteiger partial charge in [-0.2, -0.15) is 9.57 Å². The topological polar surface area (TPSA) is 79.0 Å². The molecular weight excluding hydrogens is 300 g/mol. The largest absolute Gasteiger partial charge is 0.333 e. The first kappa shape index (κ1) is 14.8. The highest BCUT2D eigenvalue weighted by atomic mass is 32.2. The third-order valence-electron chi connectivity index (χ3n) is 3.90. The molecule has 0 atom stereocenters. The Morgan fingerprint density at radius 2 is 2.23 bits per heavy atom. The van der Waals surface area contributed by atoms with Gasteiger partial charge in [0, 0.05) is 19.5 Å². The van der Waals surface area contributed by atoms with E-state index in [0.29, 0.717) is 25.1 Å². The molecule has 6 nitrogen and oxygen atoms in total. The SMILES string of the molecule is CCn1cnc2c1CN(S(=O)(=O)c1cccc(C#N)c1)CC2. The van der Waals surface area contributed by atoms with Crippen molar-refractivity contribution >= 4 is 10.0 Å². The Labute approximate surface area is 129 Å². The third kappa shape index (κ3) is 2.40. The number of imidazole rings is 1. The number of benzene rings is 1. The van der Waals surface area contributed by atoms with Gasteiger partial charge in [-0.3, -0.25) is 0 Å². The van der Waals surface area contributed by atoms with Gasteiger partial charge in [0.1, 0.15) is 0 Å². The van der Waals surface area contributed by atoms with Crippen molar-refractivity contribution in [3.8, 4) is 6.07 Å². The summed E-state index contributed by atoms with van der Waals surface area (Å²) < 4.78 is 29.0. The van der Waals surface area contributed by atoms with Crippen LogP contribution in [0.25, 0.3) is 0 Å². The van der Waals surface area contributed by atoms with Crippen molar-refractivity contribution in [1.82, 2.24) is 13.9 Å². The Hall–Kier alpha value is -2.17. The number of aryl methyl sites for hydroxylation is 1. The monoisotopic (exact) mass is 316 g/mol. The molecular formula is C15H16N4O2S. The fraction of sp³-hybridized carbons (Fsp3) is 0.333. The van der Waals surface area contributed by atoms with Crippen molar-refractivity contribution in [2.45, 2.75) is 31.3 Å². The van der Waals surface area contributed by atoms with Crippen molar-refractivity contribution in [2.75, 3.05) is 6.54 Å². The van der Waals surface area contributed by atoms with Gasteiger partial charge in [-0.15, -0.1) is 0 Å². The molecule has 0 saturated carbocycles. The lowest BCUT2D eigenvalue weighted by molar-refractivity contribution is 0.377. The van der Waals surface area contributed by atoms with E-state index in [9.17, 15) is 8.42 Å². The molecule has 0 amide bonds. The van der Waals surface area contributed by atoms with E-state index >= 15 is 0 Å². The van der Waals surface area contributed by atoms with Crippen LogP contribution < -0.4 is 0 Å². The third-order valence-corrected chi connectivity index (χ3v) is 5.74. The molecule has 0 N–H and O–H groups in total. The molecule has 1 aliphatic heterocycles. The van der Waals surface area contributed by atoms with Crippen LogP contribution in [0.15, 0.2) is 35.5 Å². The van der Waals surface area contributed by atoms with Gasteiger partial charge >= 0.3 is 0 Å². The maximum Gasteiger partial charge on any atom is 0.243 e. The molecule has 1 aromatic heterocycles. The Morgan fingerprint density at radius 3 is 2.95 bits per heavy atom. The predicted molar refractivity (Wildman–Crippen MR) is 80.4 cm³/mol. The van der Waals surface area contributed by atoms with Crippen LogP contribution in [0.5, 0.6) is 0 Å². The van der Waals surface area contributed by atoms with Gasteiger partial charge in [0.2, 0.25) is 10.0 Å². The molecule has 22 heavy (non-hydrogen) atoms. The number of aromatic nitrogens is 2. The molecule has 0 unspecified atom stereocenters. The summed E-state index contributed by atoms with van der Waals surface area (Å²) in [4.78, 5) is 4.51. The standard InChI is InChI=1S/C15H16N4O2S/c1-2-18-11-17-14-6-7-19(10-15(14)18)22(20,21)13-5-3-4-12(8-13)9-16/h3-5,8,11H,2,6-7,10H2,1H3. The summed E-state index contributed by atoms with van der Waals surface area (Å²) in [7, 11) is -3.60. The summed E-state index contributed by atoms with van der Waals surface area (Å²) in [6.45, 7) is 3.50. The molecule has 0 aliphatic carbocycles. The number of nitriles is 1. The van der Waals surface area contributed by atoms with Gasteiger partial charge < -0.3 is 4.57 Å². The van der Waals surface area contributed by atoms with E-state index in [1.165, 1.54) is 16.4 Å². The Balaban J connectivity index is 1.95. The fourth-order valence-electron chi connectivity index (χ4n) is 2.67. The number of sulfonamides is 1. The maximum atomic E-state index is 12.8. The number of fused-ring (bicyclic) bond motifs is 1. The second-order valence-corrected chi connectivity index (χ2v) is 7.09. The Morgan fingerprint density at radius 1 is 1.41 bits per heavy atom. The zero-order chi connectivity index (χ0) is 15.7. The second-order valence-electron chi connectivity index (χ2n) is 5.15. The minimum Gasteiger partial charge on any atom is -0.333 e. The van der Waals surface area contributed by atoms with Crippen LogP contribution in [-0.2, 0) is 29.5 Å². The van der Waals surface area contributed by atoms with E-state index in [2.05, 4.69) is 4.98 Å². The quantitative estimate of drug-likeness (QED) is 0.860. The molecule has 3 rings (SSSR count). The predicted octanol–water partition coefficient (Wildman–Crippen LogP) is 1.52. The van der Waals surface area contributed by atoms with Crippen LogP contribution in [0.3, 0.4) is 0 Å². The number of hydrogen-bond donors (Lipinski definition) is 0. The molecule has 0 radical (unpaired) electrons. The average molecular weight is 316 g/mol. The zero-order valence-corrected chi connectivity index (χ0v) is 13.0. The summed E-state index contributed by atoms with van der Waals surface area (Å²) >= 11 is 0. The number of rotatable bonds is 3. The van der Waals surface area contributed by atoms with E-state index in [0.717, 1.165) is 17.9 Å². The highest BCUT2D eigenvalue weighted by Gasteiger charge is 2.30. The lowest BCUT2D eigenvalue weighted by atomic mass is 10.2. The van der Waals surface area contributed by atoms with Gasteiger partial charge in [0.25, 0.3) is 0 Å². The Kier molecular flexibility index (Phi) is 3.72. The summed E-state index contributed by atoms with van der Waals surface area (Å²) in [5.41, 5.74) is 2.27. The second kappa shape index (κ2) is 5.55. The summed E-state index contributed by atoms with van der Waals surface area (Å²) in [6.07, 6.45) is 2.37. The molecule has 0 fully saturated rings. The summed E-state index contributed by atoms with van der Waals surface area (Å²) in [5.74, 6) is 0. The van der Waals surface area contributed by atoms with Crippen LogP contribution >= 0.6 is 0 Å². The number of hydrogen-bond acceptors (Lipinski definition) is 4. The van der Waals surface area contributed by atoms with Crippen LogP contribution in [-0.4, -0.2) is 28.8 Å². The van der Waals surface area contributed by atoms with Gasteiger partial charge in [-0.25, -0.2) is 13.4 Å². The highest BCUT2D eigenvalue weighted by molar-refractivity contribution is 7.89. The van der Waals surface area contributed by atoms with Crippen molar-refractivity contribution in [1.29, 1.82) is 5.26 Å². The molecule has 1 aromatic carbocycles. The van der Waals surface area contributed by atoms with Crippen LogP contribution in [0.1, 0.15) is 23.9 Å². The lowest BCUT2D eigenvalue weighted by Gasteiger charge is -2.26. The zero-order valence-electron chi connectivity index (χ0n) is 12.2. The lowest BCUT2D eigenvalue weighted by Crippen LogP contribution is -2.36. The summed E-state index contributed by atoms with van der Waals surface area (Å²) in [6, 6.07) is 8.12. The van der Waals surface area contributed by atoms with E-state index < -0.39 is 10.0 Å². The first-order chi connectivity index (χ1) is 10.6. The van der Waals surface area contributed by atoms with Crippen molar-refractivity contribution in [3.63, 3.8) is 0 Å². The molecule has 1 aliphatic rings. The Bertz CT molecular complexity index is 835. The number of nitrogens with zero attached hydrogens (tertiary/aromatic N) is 4. The van der Waals surface area contributed by atoms with Gasteiger partial charge in [0.05, 0.1) is 40.8 Å². The van der Waals surface area contributed by atoms with Gasteiger partial charge in [-0.1, -0.05) is 6.07 Å². The fourth-order valence-corrected chi connectivity index (χ4v) is 4.12. The smallest absolute Gasteiger partial charge is 0.243 e. The molecule has 0 saturated heterocycles. The van der Waals surface area contributed by atoms with E-state index in [1.807, 2.05) is 17.6 Å². The normalized spacial score (nSPS) is 15.3. The van der Waals surface area contributed by atoms with Crippen molar-refractivity contribution < 1.29 is 8.42 Å². The average Bonchev–Trinajstić information content (AvgIpc) is 2.97. The van der Waals surface area contributed by atoms with Crippen LogP contribution in [0, 0.1) is 11.3 Å². The van der Waals surface area contributed by atoms with E-state index in [4.69, 9.17) is 5.26 Å². The maximum absolute atomic E-state index is 12.8. The minimum absolute atomic E-state index is 0.164. The molecule has 0 spiro atoms. The van der Waals surface area contributed by atoms with Crippen LogP contribution in [0.4, 0.5) is 0 Å². The highest BCUT2D eigenvalue weighted by Crippen LogP contribution is 2.24. The van der Waals surface area contributed by atoms with Gasteiger partial charge in [-0.05, 0) is 25.1 Å². The van der Waals surface area contributed by atoms with Crippen molar-refractivity contribution in [2.24, 2.45) is 0 Å².